The van der Waals surface area contributed by atoms with E-state index in [0.717, 1.165) is 21.3 Å². The number of benzene rings is 1. The minimum Gasteiger partial charge on any atom is -0.395 e. The Balaban J connectivity index is 1.61. The molecule has 7 heteroatoms. The van der Waals surface area contributed by atoms with Gasteiger partial charge in [-0.3, -0.25) is 14.5 Å². The SMILES string of the molecule is CN(CCO)C1=C(c2cccs2)C(=O)N(CCc2c[nH]c3ccccc23)C1=O. The van der Waals surface area contributed by atoms with Crippen LogP contribution in [0.4, 0.5) is 0 Å². The molecule has 1 aliphatic rings. The number of likely N-dealkylation sites (N-methyl/N-ethyl adjacent to an activating group) is 1. The number of nitrogens with one attached hydrogen (secondary N) is 1. The number of aromatic amines is 1. The lowest BCUT2D eigenvalue weighted by molar-refractivity contribution is -0.137. The number of carbonyl (C=O) groups is 2. The summed E-state index contributed by atoms with van der Waals surface area (Å²) in [6.45, 7) is 0.513. The molecule has 0 radical (unpaired) electrons. The highest BCUT2D eigenvalue weighted by atomic mass is 32.1. The lowest BCUT2D eigenvalue weighted by Gasteiger charge is -2.20. The number of aliphatic hydroxyl groups excluding tert-OH is 1. The number of para-hydroxylation sites is 1. The topological polar surface area (TPSA) is 76.6 Å². The summed E-state index contributed by atoms with van der Waals surface area (Å²) in [6, 6.07) is 11.7. The molecule has 2 N–H and O–H groups in total. The first-order chi connectivity index (χ1) is 13.6. The van der Waals surface area contributed by atoms with Crippen LogP contribution in [0.15, 0.2) is 53.7 Å². The number of thiophene rings is 1. The van der Waals surface area contributed by atoms with Gasteiger partial charge in [0.1, 0.15) is 5.70 Å². The molecule has 0 aliphatic carbocycles. The summed E-state index contributed by atoms with van der Waals surface area (Å²) in [7, 11) is 1.73. The molecule has 0 spiro atoms. The molecule has 28 heavy (non-hydrogen) atoms. The number of nitrogens with zero attached hydrogens (tertiary/aromatic N) is 2. The summed E-state index contributed by atoms with van der Waals surface area (Å²) in [4.78, 5) is 33.2. The van der Waals surface area contributed by atoms with Crippen molar-refractivity contribution in [2.24, 2.45) is 0 Å². The van der Waals surface area contributed by atoms with Crippen molar-refractivity contribution in [2.45, 2.75) is 6.42 Å². The number of rotatable bonds is 7. The molecular formula is C21H21N3O3S. The first-order valence-electron chi connectivity index (χ1n) is 9.13. The van der Waals surface area contributed by atoms with Gasteiger partial charge in [-0.25, -0.2) is 0 Å². The van der Waals surface area contributed by atoms with Crippen molar-refractivity contribution < 1.29 is 14.7 Å². The van der Waals surface area contributed by atoms with Crippen molar-refractivity contribution in [2.75, 3.05) is 26.7 Å². The third kappa shape index (κ3) is 3.12. The molecule has 0 unspecified atom stereocenters. The van der Waals surface area contributed by atoms with Crippen molar-refractivity contribution in [1.82, 2.24) is 14.8 Å². The number of aliphatic hydroxyl groups is 1. The Labute approximate surface area is 166 Å². The van der Waals surface area contributed by atoms with Crippen LogP contribution < -0.4 is 0 Å². The van der Waals surface area contributed by atoms with Gasteiger partial charge in [0.15, 0.2) is 0 Å². The Hall–Kier alpha value is -2.90. The zero-order chi connectivity index (χ0) is 19.7. The molecule has 1 aromatic carbocycles. The van der Waals surface area contributed by atoms with E-state index in [9.17, 15) is 14.7 Å². The monoisotopic (exact) mass is 395 g/mol. The van der Waals surface area contributed by atoms with Gasteiger partial charge in [0.2, 0.25) is 0 Å². The lowest BCUT2D eigenvalue weighted by Crippen LogP contribution is -2.36. The smallest absolute Gasteiger partial charge is 0.277 e. The molecule has 6 nitrogen and oxygen atoms in total. The van der Waals surface area contributed by atoms with Crippen molar-refractivity contribution in [3.05, 3.63) is 64.1 Å². The third-order valence-corrected chi connectivity index (χ3v) is 5.90. The molecule has 0 saturated carbocycles. The number of fused-ring (bicyclic) bond motifs is 1. The van der Waals surface area contributed by atoms with Crippen LogP contribution in [0.1, 0.15) is 10.4 Å². The van der Waals surface area contributed by atoms with Gasteiger partial charge in [-0.05, 0) is 29.5 Å². The molecule has 0 bridgehead atoms. The minimum atomic E-state index is -0.302. The van der Waals surface area contributed by atoms with E-state index in [-0.39, 0.29) is 18.4 Å². The molecule has 3 aromatic rings. The van der Waals surface area contributed by atoms with Crippen molar-refractivity contribution in [1.29, 1.82) is 0 Å². The summed E-state index contributed by atoms with van der Waals surface area (Å²) in [6.07, 6.45) is 2.51. The Morgan fingerprint density at radius 2 is 1.96 bits per heavy atom. The molecule has 144 valence electrons. The largest absolute Gasteiger partial charge is 0.395 e. The summed E-state index contributed by atoms with van der Waals surface area (Å²) in [5.74, 6) is -0.573. The van der Waals surface area contributed by atoms with Crippen molar-refractivity contribution >= 4 is 39.6 Å². The fraction of sp³-hybridized carbons (Fsp3) is 0.238. The number of imide groups is 1. The number of carbonyl (C=O) groups excluding carboxylic acids is 2. The second kappa shape index (κ2) is 7.61. The highest BCUT2D eigenvalue weighted by Crippen LogP contribution is 2.33. The molecule has 0 atom stereocenters. The van der Waals surface area contributed by atoms with Gasteiger partial charge in [-0.15, -0.1) is 11.3 Å². The number of aromatic nitrogens is 1. The van der Waals surface area contributed by atoms with Gasteiger partial charge in [0, 0.05) is 42.1 Å². The highest BCUT2D eigenvalue weighted by molar-refractivity contribution is 7.11. The van der Waals surface area contributed by atoms with E-state index < -0.39 is 0 Å². The zero-order valence-corrected chi connectivity index (χ0v) is 16.3. The molecule has 2 aromatic heterocycles. The molecule has 0 saturated heterocycles. The third-order valence-electron chi connectivity index (χ3n) is 5.01. The van der Waals surface area contributed by atoms with Gasteiger partial charge in [-0.1, -0.05) is 24.3 Å². The average Bonchev–Trinajstić information content (AvgIpc) is 3.40. The quantitative estimate of drug-likeness (QED) is 0.603. The zero-order valence-electron chi connectivity index (χ0n) is 15.5. The second-order valence-electron chi connectivity index (χ2n) is 6.72. The number of hydrogen-bond acceptors (Lipinski definition) is 5. The average molecular weight is 395 g/mol. The van der Waals surface area contributed by atoms with Crippen LogP contribution in [0.25, 0.3) is 16.5 Å². The molecule has 2 amide bonds. The van der Waals surface area contributed by atoms with Crippen LogP contribution in [-0.4, -0.2) is 58.4 Å². The normalized spacial score (nSPS) is 14.6. The van der Waals surface area contributed by atoms with Crippen LogP contribution in [0.5, 0.6) is 0 Å². The van der Waals surface area contributed by atoms with Crippen LogP contribution in [0, 0.1) is 0 Å². The van der Waals surface area contributed by atoms with Crippen molar-refractivity contribution in [3.63, 3.8) is 0 Å². The summed E-state index contributed by atoms with van der Waals surface area (Å²) < 4.78 is 0. The van der Waals surface area contributed by atoms with Gasteiger partial charge in [-0.2, -0.15) is 0 Å². The predicted octanol–water partition coefficient (Wildman–Crippen LogP) is 2.48. The fourth-order valence-electron chi connectivity index (χ4n) is 3.60. The van der Waals surface area contributed by atoms with E-state index in [1.165, 1.54) is 16.2 Å². The maximum absolute atomic E-state index is 13.1. The predicted molar refractivity (Wildman–Crippen MR) is 110 cm³/mol. The van der Waals surface area contributed by atoms with E-state index in [4.69, 9.17) is 0 Å². The maximum atomic E-state index is 13.1. The van der Waals surface area contributed by atoms with E-state index in [1.807, 2.05) is 48.0 Å². The first kappa shape index (κ1) is 18.5. The standard InChI is InChI=1S/C21H21N3O3S/c1-23(10-11-25)19-18(17-7-4-12-28-17)20(26)24(21(19)27)9-8-14-13-22-16-6-3-2-5-15(14)16/h2-7,12-13,22,25H,8-11H2,1H3. The van der Waals surface area contributed by atoms with Crippen LogP contribution in [0.2, 0.25) is 0 Å². The van der Waals surface area contributed by atoms with E-state index in [1.54, 1.807) is 11.9 Å². The number of hydrogen-bond donors (Lipinski definition) is 2. The number of H-pyrrole nitrogens is 1. The van der Waals surface area contributed by atoms with Crippen molar-refractivity contribution in [3.8, 4) is 0 Å². The summed E-state index contributed by atoms with van der Waals surface area (Å²) in [5.41, 5.74) is 2.90. The van der Waals surface area contributed by atoms with Crippen LogP contribution >= 0.6 is 11.3 Å². The maximum Gasteiger partial charge on any atom is 0.277 e. The Morgan fingerprint density at radius 1 is 1.14 bits per heavy atom. The van der Waals surface area contributed by atoms with Gasteiger partial charge >= 0.3 is 0 Å². The van der Waals surface area contributed by atoms with Crippen LogP contribution in [0.3, 0.4) is 0 Å². The first-order valence-corrected chi connectivity index (χ1v) is 10.0. The van der Waals surface area contributed by atoms with E-state index in [0.29, 0.717) is 30.8 Å². The van der Waals surface area contributed by atoms with E-state index >= 15 is 0 Å². The van der Waals surface area contributed by atoms with Gasteiger partial charge in [0.05, 0.1) is 12.2 Å². The second-order valence-corrected chi connectivity index (χ2v) is 7.67. The highest BCUT2D eigenvalue weighted by Gasteiger charge is 2.40. The van der Waals surface area contributed by atoms with E-state index in [2.05, 4.69) is 4.98 Å². The molecule has 4 rings (SSSR count). The number of amides is 2. The Bertz CT molecular complexity index is 1050. The summed E-state index contributed by atoms with van der Waals surface area (Å²) >= 11 is 1.43. The molecule has 3 heterocycles. The lowest BCUT2D eigenvalue weighted by atomic mass is 10.1. The molecule has 1 aliphatic heterocycles. The molecule has 0 fully saturated rings. The fourth-order valence-corrected chi connectivity index (χ4v) is 4.36. The minimum absolute atomic E-state index is 0.0888. The van der Waals surface area contributed by atoms with Crippen LogP contribution in [-0.2, 0) is 16.0 Å². The molecular weight excluding hydrogens is 374 g/mol. The summed E-state index contributed by atoms with van der Waals surface area (Å²) in [5, 5.41) is 12.3. The van der Waals surface area contributed by atoms with Gasteiger partial charge < -0.3 is 15.0 Å². The Kier molecular flexibility index (Phi) is 5.02. The van der Waals surface area contributed by atoms with Gasteiger partial charge in [0.25, 0.3) is 11.8 Å². The Morgan fingerprint density at radius 3 is 2.71 bits per heavy atom.